The first-order valence-electron chi connectivity index (χ1n) is 9.83. The van der Waals surface area contributed by atoms with Gasteiger partial charge in [0.1, 0.15) is 11.5 Å². The van der Waals surface area contributed by atoms with Gasteiger partial charge in [-0.15, -0.1) is 0 Å². The van der Waals surface area contributed by atoms with E-state index in [0.717, 1.165) is 36.8 Å². The van der Waals surface area contributed by atoms with Crippen molar-refractivity contribution in [1.82, 2.24) is 0 Å². The number of hydrogen-bond acceptors (Lipinski definition) is 3. The van der Waals surface area contributed by atoms with Gasteiger partial charge in [0.05, 0.1) is 0 Å². The van der Waals surface area contributed by atoms with Crippen LogP contribution in [0.3, 0.4) is 0 Å². The first kappa shape index (κ1) is 22.3. The molecular formula is C23H36O3. The van der Waals surface area contributed by atoms with Crippen LogP contribution in [0.5, 0.6) is 11.5 Å². The number of aliphatic hydroxyl groups is 1. The summed E-state index contributed by atoms with van der Waals surface area (Å²) in [5, 5.41) is 28.7. The summed E-state index contributed by atoms with van der Waals surface area (Å²) in [5.41, 5.74) is 4.11. The minimum atomic E-state index is 0.0194. The zero-order chi connectivity index (χ0) is 19.7. The molecule has 26 heavy (non-hydrogen) atoms. The van der Waals surface area contributed by atoms with Crippen molar-refractivity contribution in [2.45, 2.75) is 72.1 Å². The van der Waals surface area contributed by atoms with E-state index < -0.39 is 0 Å². The number of aryl methyl sites for hydroxylation is 1. The van der Waals surface area contributed by atoms with Crippen molar-refractivity contribution in [3.63, 3.8) is 0 Å². The van der Waals surface area contributed by atoms with Crippen LogP contribution in [-0.2, 0) is 6.42 Å². The van der Waals surface area contributed by atoms with E-state index in [0.29, 0.717) is 5.56 Å². The smallest absolute Gasteiger partial charge is 0.123 e. The molecule has 0 bridgehead atoms. The van der Waals surface area contributed by atoms with Crippen LogP contribution in [0.15, 0.2) is 35.9 Å². The number of aliphatic hydroxyl groups excluding tert-OH is 1. The second kappa shape index (κ2) is 11.1. The summed E-state index contributed by atoms with van der Waals surface area (Å²) in [6.07, 6.45) is 8.61. The molecule has 2 rings (SSSR count). The van der Waals surface area contributed by atoms with Crippen LogP contribution < -0.4 is 0 Å². The normalized spacial score (nSPS) is 19.3. The number of phenols is 2. The Morgan fingerprint density at radius 1 is 1.15 bits per heavy atom. The Balaban J connectivity index is 0.00000105. The van der Waals surface area contributed by atoms with E-state index in [-0.39, 0.29) is 29.9 Å². The predicted molar refractivity (Wildman–Crippen MR) is 110 cm³/mol. The Bertz CT molecular complexity index is 593. The van der Waals surface area contributed by atoms with Gasteiger partial charge in [0.15, 0.2) is 0 Å². The summed E-state index contributed by atoms with van der Waals surface area (Å²) >= 11 is 0. The number of phenolic OH excluding ortho intramolecular Hbond substituents is 2. The molecule has 1 aliphatic rings. The van der Waals surface area contributed by atoms with Crippen molar-refractivity contribution in [1.29, 1.82) is 0 Å². The van der Waals surface area contributed by atoms with E-state index in [9.17, 15) is 10.2 Å². The molecule has 0 unspecified atom stereocenters. The second-order valence-electron chi connectivity index (χ2n) is 7.35. The molecule has 0 fully saturated rings. The first-order valence-corrected chi connectivity index (χ1v) is 9.83. The average Bonchev–Trinajstić information content (AvgIpc) is 2.55. The van der Waals surface area contributed by atoms with Gasteiger partial charge in [0, 0.05) is 18.1 Å². The molecule has 0 radical (unpaired) electrons. The van der Waals surface area contributed by atoms with E-state index >= 15 is 0 Å². The molecular weight excluding hydrogens is 324 g/mol. The number of aromatic hydroxyl groups is 2. The van der Waals surface area contributed by atoms with Crippen LogP contribution in [0.2, 0.25) is 0 Å². The molecule has 0 heterocycles. The molecule has 3 nitrogen and oxygen atoms in total. The van der Waals surface area contributed by atoms with E-state index in [4.69, 9.17) is 5.11 Å². The molecule has 0 saturated carbocycles. The Labute approximate surface area is 159 Å². The molecule has 1 aliphatic carbocycles. The standard InChI is InChI=1S/C21H30O2.C2H6O/c1-5-6-7-8-16-12-19(22)21(20(23)13-16)18-11-15(4)9-10-17(18)14(2)3;1-2-3/h11-13,17-18,22-23H,2,5-10H2,1,3-4H3;3H,2H2,1H3/t17-,18+;/m0./s1. The average molecular weight is 361 g/mol. The van der Waals surface area contributed by atoms with E-state index in [1.807, 2.05) is 19.1 Å². The first-order chi connectivity index (χ1) is 12.3. The van der Waals surface area contributed by atoms with Gasteiger partial charge in [-0.1, -0.05) is 43.6 Å². The quantitative estimate of drug-likeness (QED) is 0.441. The minimum Gasteiger partial charge on any atom is -0.507 e. The highest BCUT2D eigenvalue weighted by molar-refractivity contribution is 5.51. The molecule has 0 aliphatic heterocycles. The van der Waals surface area contributed by atoms with Crippen LogP contribution in [0.1, 0.15) is 76.8 Å². The Morgan fingerprint density at radius 3 is 2.23 bits per heavy atom. The van der Waals surface area contributed by atoms with E-state index in [1.165, 1.54) is 18.4 Å². The van der Waals surface area contributed by atoms with Crippen molar-refractivity contribution in [2.75, 3.05) is 6.61 Å². The molecule has 3 heteroatoms. The number of allylic oxidation sites excluding steroid dienone is 3. The molecule has 0 saturated heterocycles. The second-order valence-corrected chi connectivity index (χ2v) is 7.35. The maximum Gasteiger partial charge on any atom is 0.123 e. The van der Waals surface area contributed by atoms with Crippen molar-refractivity contribution in [3.05, 3.63) is 47.1 Å². The third-order valence-electron chi connectivity index (χ3n) is 4.98. The lowest BCUT2D eigenvalue weighted by Gasteiger charge is -2.31. The van der Waals surface area contributed by atoms with Gasteiger partial charge in [-0.2, -0.15) is 0 Å². The number of benzene rings is 1. The largest absolute Gasteiger partial charge is 0.507 e. The van der Waals surface area contributed by atoms with Crippen molar-refractivity contribution in [2.24, 2.45) is 5.92 Å². The third kappa shape index (κ3) is 6.21. The highest BCUT2D eigenvalue weighted by Gasteiger charge is 2.30. The van der Waals surface area contributed by atoms with Crippen molar-refractivity contribution >= 4 is 0 Å². The summed E-state index contributed by atoms with van der Waals surface area (Å²) < 4.78 is 0. The molecule has 146 valence electrons. The van der Waals surface area contributed by atoms with Crippen LogP contribution in [0, 0.1) is 5.92 Å². The molecule has 0 amide bonds. The molecule has 1 aromatic carbocycles. The minimum absolute atomic E-state index is 0.0194. The van der Waals surface area contributed by atoms with Crippen LogP contribution >= 0.6 is 0 Å². The van der Waals surface area contributed by atoms with Gasteiger partial charge < -0.3 is 15.3 Å². The molecule has 2 atom stereocenters. The zero-order valence-electron chi connectivity index (χ0n) is 16.9. The molecule has 0 aromatic heterocycles. The van der Waals surface area contributed by atoms with Crippen LogP contribution in [0.4, 0.5) is 0 Å². The summed E-state index contributed by atoms with van der Waals surface area (Å²) in [7, 11) is 0. The highest BCUT2D eigenvalue weighted by Crippen LogP contribution is 2.46. The molecule has 3 N–H and O–H groups in total. The zero-order valence-corrected chi connectivity index (χ0v) is 16.9. The topological polar surface area (TPSA) is 60.7 Å². The SMILES string of the molecule is C=C(C)[C@@H]1CCC(C)=C[C@H]1c1c(O)cc(CCCCC)cc1O.CCO. The summed E-state index contributed by atoms with van der Waals surface area (Å²) in [6.45, 7) is 12.4. The predicted octanol–water partition coefficient (Wildman–Crippen LogP) is 5.85. The number of hydrogen-bond donors (Lipinski definition) is 3. The summed E-state index contributed by atoms with van der Waals surface area (Å²) in [4.78, 5) is 0. The maximum absolute atomic E-state index is 10.5. The fraction of sp³-hybridized carbons (Fsp3) is 0.565. The van der Waals surface area contributed by atoms with Gasteiger partial charge in [-0.25, -0.2) is 0 Å². The molecule has 0 spiro atoms. The van der Waals surface area contributed by atoms with Crippen molar-refractivity contribution in [3.8, 4) is 11.5 Å². The number of rotatable bonds is 6. The number of unbranched alkanes of at least 4 members (excludes halogenated alkanes) is 2. The Morgan fingerprint density at radius 2 is 1.73 bits per heavy atom. The lowest BCUT2D eigenvalue weighted by atomic mass is 9.73. The van der Waals surface area contributed by atoms with Gasteiger partial charge in [0.25, 0.3) is 0 Å². The van der Waals surface area contributed by atoms with Gasteiger partial charge in [-0.05, 0) is 70.1 Å². The summed E-state index contributed by atoms with van der Waals surface area (Å²) in [6, 6.07) is 3.66. The molecule has 1 aromatic rings. The summed E-state index contributed by atoms with van der Waals surface area (Å²) in [5.74, 6) is 0.741. The Hall–Kier alpha value is -1.74. The van der Waals surface area contributed by atoms with Crippen LogP contribution in [-0.4, -0.2) is 21.9 Å². The van der Waals surface area contributed by atoms with Crippen LogP contribution in [0.25, 0.3) is 0 Å². The lowest BCUT2D eigenvalue weighted by molar-refractivity contribution is 0.318. The van der Waals surface area contributed by atoms with Gasteiger partial charge in [-0.3, -0.25) is 0 Å². The fourth-order valence-corrected chi connectivity index (χ4v) is 3.65. The third-order valence-corrected chi connectivity index (χ3v) is 4.98. The van der Waals surface area contributed by atoms with E-state index in [1.54, 1.807) is 6.92 Å². The fourth-order valence-electron chi connectivity index (χ4n) is 3.65. The monoisotopic (exact) mass is 360 g/mol. The van der Waals surface area contributed by atoms with Gasteiger partial charge >= 0.3 is 0 Å². The Kier molecular flexibility index (Phi) is 9.50. The van der Waals surface area contributed by atoms with E-state index in [2.05, 4.69) is 26.5 Å². The lowest BCUT2D eigenvalue weighted by Crippen LogP contribution is -2.17. The maximum atomic E-state index is 10.5. The van der Waals surface area contributed by atoms with Crippen molar-refractivity contribution < 1.29 is 15.3 Å². The highest BCUT2D eigenvalue weighted by atomic mass is 16.3. The van der Waals surface area contributed by atoms with Gasteiger partial charge in [0.2, 0.25) is 0 Å².